The Kier molecular flexibility index (Phi) is 4.89. The van der Waals surface area contributed by atoms with Gasteiger partial charge in [-0.15, -0.1) is 0 Å². The van der Waals surface area contributed by atoms with Crippen molar-refractivity contribution in [2.45, 2.75) is 20.0 Å². The maximum Gasteiger partial charge on any atom is 0.336 e. The van der Waals surface area contributed by atoms with E-state index in [9.17, 15) is 19.7 Å². The van der Waals surface area contributed by atoms with E-state index in [0.29, 0.717) is 11.3 Å². The lowest BCUT2D eigenvalue weighted by Crippen LogP contribution is -2.30. The maximum atomic E-state index is 12.3. The van der Waals surface area contributed by atoms with Gasteiger partial charge >= 0.3 is 5.63 Å². The molecule has 0 spiro atoms. The summed E-state index contributed by atoms with van der Waals surface area (Å²) in [7, 11) is 0. The first-order valence-corrected chi connectivity index (χ1v) is 8.10. The zero-order valence-corrected chi connectivity index (χ0v) is 14.6. The van der Waals surface area contributed by atoms with Crippen LogP contribution in [-0.2, 0) is 4.79 Å². The number of anilines is 1. The second kappa shape index (κ2) is 7.28. The molecule has 3 aromatic rings. The number of carbonyl (C=O) groups excluding carboxylic acids is 1. The van der Waals surface area contributed by atoms with Gasteiger partial charge in [0.25, 0.3) is 11.6 Å². The smallest absolute Gasteiger partial charge is 0.336 e. The van der Waals surface area contributed by atoms with Crippen LogP contribution in [0.15, 0.2) is 57.7 Å². The minimum Gasteiger partial charge on any atom is -0.481 e. The molecular formula is C19H16N2O6. The van der Waals surface area contributed by atoms with Crippen LogP contribution in [0.2, 0.25) is 0 Å². The van der Waals surface area contributed by atoms with Gasteiger partial charge < -0.3 is 14.5 Å². The summed E-state index contributed by atoms with van der Waals surface area (Å²) in [6.45, 7) is 3.31. The van der Waals surface area contributed by atoms with Gasteiger partial charge in [-0.05, 0) is 37.6 Å². The number of aryl methyl sites for hydroxylation is 1. The lowest BCUT2D eigenvalue weighted by Gasteiger charge is -2.15. The molecule has 138 valence electrons. The predicted molar refractivity (Wildman–Crippen MR) is 99.0 cm³/mol. The van der Waals surface area contributed by atoms with Crippen molar-refractivity contribution in [3.63, 3.8) is 0 Å². The van der Waals surface area contributed by atoms with E-state index < -0.39 is 22.6 Å². The van der Waals surface area contributed by atoms with Crippen LogP contribution in [0.3, 0.4) is 0 Å². The summed E-state index contributed by atoms with van der Waals surface area (Å²) in [6.07, 6.45) is -0.932. The minimum atomic E-state index is -0.932. The number of amides is 1. The Morgan fingerprint density at radius 1 is 1.22 bits per heavy atom. The van der Waals surface area contributed by atoms with Crippen molar-refractivity contribution in [1.29, 1.82) is 0 Å². The number of nitro benzene ring substituents is 1. The summed E-state index contributed by atoms with van der Waals surface area (Å²) in [5.74, 6) is -0.212. The van der Waals surface area contributed by atoms with Crippen LogP contribution in [0.25, 0.3) is 11.0 Å². The fraction of sp³-hybridized carbons (Fsp3) is 0.158. The largest absolute Gasteiger partial charge is 0.481 e. The SMILES string of the molecule is Cc1cc(=O)oc2cc(OC(C)C(=O)Nc3ccccc3[N+](=O)[O-])ccc12. The molecule has 8 nitrogen and oxygen atoms in total. The lowest BCUT2D eigenvalue weighted by atomic mass is 10.1. The number of nitro groups is 1. The predicted octanol–water partition coefficient (Wildman–Crippen LogP) is 3.42. The van der Waals surface area contributed by atoms with Crippen molar-refractivity contribution in [2.24, 2.45) is 0 Å². The first-order chi connectivity index (χ1) is 12.8. The Balaban J connectivity index is 1.78. The first kappa shape index (κ1) is 18.1. The summed E-state index contributed by atoms with van der Waals surface area (Å²) in [5, 5.41) is 14.3. The Morgan fingerprint density at radius 3 is 2.70 bits per heavy atom. The van der Waals surface area contributed by atoms with E-state index in [1.54, 1.807) is 25.1 Å². The zero-order valence-electron chi connectivity index (χ0n) is 14.6. The molecule has 0 saturated carbocycles. The van der Waals surface area contributed by atoms with E-state index in [2.05, 4.69) is 5.32 Å². The first-order valence-electron chi connectivity index (χ1n) is 8.10. The number of para-hydroxylation sites is 2. The molecule has 8 heteroatoms. The third kappa shape index (κ3) is 3.95. The number of benzene rings is 2. The number of carbonyl (C=O) groups is 1. The van der Waals surface area contributed by atoms with E-state index in [0.717, 1.165) is 10.9 Å². The maximum absolute atomic E-state index is 12.3. The van der Waals surface area contributed by atoms with Crippen LogP contribution in [-0.4, -0.2) is 16.9 Å². The highest BCUT2D eigenvalue weighted by molar-refractivity contribution is 5.96. The van der Waals surface area contributed by atoms with Crippen LogP contribution in [0.4, 0.5) is 11.4 Å². The second-order valence-electron chi connectivity index (χ2n) is 5.93. The number of nitrogens with zero attached hydrogens (tertiary/aromatic N) is 1. The molecular weight excluding hydrogens is 352 g/mol. The highest BCUT2D eigenvalue weighted by Crippen LogP contribution is 2.25. The summed E-state index contributed by atoms with van der Waals surface area (Å²) < 4.78 is 10.7. The van der Waals surface area contributed by atoms with Gasteiger partial charge in [-0.1, -0.05) is 12.1 Å². The van der Waals surface area contributed by atoms with Crippen LogP contribution < -0.4 is 15.7 Å². The van der Waals surface area contributed by atoms with Crippen molar-refractivity contribution in [3.8, 4) is 5.75 Å². The summed E-state index contributed by atoms with van der Waals surface area (Å²) in [5.41, 5.74) is 0.530. The number of ether oxygens (including phenoxy) is 1. The minimum absolute atomic E-state index is 0.0862. The van der Waals surface area contributed by atoms with E-state index >= 15 is 0 Å². The van der Waals surface area contributed by atoms with Crippen LogP contribution in [0, 0.1) is 17.0 Å². The van der Waals surface area contributed by atoms with Gasteiger partial charge in [-0.25, -0.2) is 4.79 Å². The van der Waals surface area contributed by atoms with E-state index in [1.165, 1.54) is 37.3 Å². The van der Waals surface area contributed by atoms with Gasteiger partial charge in [0.1, 0.15) is 17.0 Å². The Labute approximate surface area is 153 Å². The van der Waals surface area contributed by atoms with Crippen molar-refractivity contribution in [1.82, 2.24) is 0 Å². The highest BCUT2D eigenvalue weighted by atomic mass is 16.6. The third-order valence-electron chi connectivity index (χ3n) is 3.96. The second-order valence-corrected chi connectivity index (χ2v) is 5.93. The highest BCUT2D eigenvalue weighted by Gasteiger charge is 2.20. The average molecular weight is 368 g/mol. The summed E-state index contributed by atoms with van der Waals surface area (Å²) >= 11 is 0. The molecule has 3 rings (SSSR count). The number of hydrogen-bond donors (Lipinski definition) is 1. The standard InChI is InChI=1S/C19H16N2O6/c1-11-9-18(22)27-17-10-13(7-8-14(11)17)26-12(2)19(23)20-15-5-3-4-6-16(15)21(24)25/h3-10,12H,1-2H3,(H,20,23). The van der Waals surface area contributed by atoms with Crippen molar-refractivity contribution in [3.05, 3.63) is 74.6 Å². The van der Waals surface area contributed by atoms with Crippen molar-refractivity contribution >= 4 is 28.3 Å². The lowest BCUT2D eigenvalue weighted by molar-refractivity contribution is -0.383. The molecule has 1 atom stereocenters. The third-order valence-corrected chi connectivity index (χ3v) is 3.96. The van der Waals surface area contributed by atoms with E-state index in [4.69, 9.17) is 9.15 Å². The van der Waals surface area contributed by atoms with Crippen molar-refractivity contribution in [2.75, 3.05) is 5.32 Å². The molecule has 0 saturated heterocycles. The molecule has 27 heavy (non-hydrogen) atoms. The number of hydrogen-bond acceptors (Lipinski definition) is 6. The van der Waals surface area contributed by atoms with Crippen LogP contribution in [0.1, 0.15) is 12.5 Å². The molecule has 1 N–H and O–H groups in total. The van der Waals surface area contributed by atoms with Gasteiger partial charge in [0.15, 0.2) is 6.10 Å². The van der Waals surface area contributed by atoms with Gasteiger partial charge in [0, 0.05) is 23.6 Å². The van der Waals surface area contributed by atoms with E-state index in [-0.39, 0.29) is 11.4 Å². The quantitative estimate of drug-likeness (QED) is 0.419. The molecule has 2 aromatic carbocycles. The van der Waals surface area contributed by atoms with Gasteiger partial charge in [0.05, 0.1) is 4.92 Å². The molecule has 1 heterocycles. The monoisotopic (exact) mass is 368 g/mol. The number of rotatable bonds is 5. The molecule has 0 bridgehead atoms. The Hall–Kier alpha value is -3.68. The average Bonchev–Trinajstić information content (AvgIpc) is 2.61. The zero-order chi connectivity index (χ0) is 19.6. The van der Waals surface area contributed by atoms with Crippen LogP contribution >= 0.6 is 0 Å². The molecule has 0 aliphatic carbocycles. The Morgan fingerprint density at radius 2 is 1.96 bits per heavy atom. The number of fused-ring (bicyclic) bond motifs is 1. The van der Waals surface area contributed by atoms with Gasteiger partial charge in [0.2, 0.25) is 0 Å². The van der Waals surface area contributed by atoms with Gasteiger partial charge in [-0.2, -0.15) is 0 Å². The van der Waals surface area contributed by atoms with Crippen molar-refractivity contribution < 1.29 is 18.9 Å². The molecule has 1 amide bonds. The summed E-state index contributed by atoms with van der Waals surface area (Å²) in [6, 6.07) is 12.1. The van der Waals surface area contributed by atoms with Crippen LogP contribution in [0.5, 0.6) is 5.75 Å². The van der Waals surface area contributed by atoms with E-state index in [1.807, 2.05) is 0 Å². The summed E-state index contributed by atoms with van der Waals surface area (Å²) in [4.78, 5) is 34.3. The molecule has 1 aromatic heterocycles. The molecule has 0 aliphatic rings. The molecule has 0 fully saturated rings. The topological polar surface area (TPSA) is 112 Å². The fourth-order valence-electron chi connectivity index (χ4n) is 2.61. The molecule has 0 radical (unpaired) electrons. The molecule has 1 unspecified atom stereocenters. The number of nitrogens with one attached hydrogen (secondary N) is 1. The molecule has 0 aliphatic heterocycles. The van der Waals surface area contributed by atoms with Gasteiger partial charge in [-0.3, -0.25) is 14.9 Å². The normalized spacial score (nSPS) is 11.8. The Bertz CT molecular complexity index is 1090. The fourth-order valence-corrected chi connectivity index (χ4v) is 2.61.